The van der Waals surface area contributed by atoms with Gasteiger partial charge in [-0.15, -0.1) is 0 Å². The fraction of sp³-hybridized carbons (Fsp3) is 0.571. The van der Waals surface area contributed by atoms with Gasteiger partial charge >= 0.3 is 0 Å². The lowest BCUT2D eigenvalue weighted by molar-refractivity contribution is 0.232. The van der Waals surface area contributed by atoms with Gasteiger partial charge in [0.25, 0.3) is 0 Å². The zero-order valence-corrected chi connectivity index (χ0v) is 11.5. The SMILES string of the molecule is CCN(CC)C1CCN(c2cc(F)cc(F)c2N)C1. The summed E-state index contributed by atoms with van der Waals surface area (Å²) in [6.45, 7) is 7.79. The maximum atomic E-state index is 13.5. The number of nitrogens with zero attached hydrogens (tertiary/aromatic N) is 2. The van der Waals surface area contributed by atoms with Crippen LogP contribution in [0.1, 0.15) is 20.3 Å². The van der Waals surface area contributed by atoms with Crippen molar-refractivity contribution in [2.24, 2.45) is 0 Å². The molecular weight excluding hydrogens is 248 g/mol. The number of rotatable bonds is 4. The third-order valence-corrected chi connectivity index (χ3v) is 3.91. The predicted molar refractivity (Wildman–Crippen MR) is 74.3 cm³/mol. The molecule has 0 aromatic heterocycles. The first-order valence-electron chi connectivity index (χ1n) is 6.80. The molecule has 0 saturated carbocycles. The van der Waals surface area contributed by atoms with Crippen LogP contribution in [-0.2, 0) is 0 Å². The molecule has 3 nitrogen and oxygen atoms in total. The number of halogens is 2. The minimum atomic E-state index is -0.679. The molecule has 0 aliphatic carbocycles. The molecule has 0 spiro atoms. The van der Waals surface area contributed by atoms with Crippen molar-refractivity contribution in [3.8, 4) is 0 Å². The summed E-state index contributed by atoms with van der Waals surface area (Å²) < 4.78 is 26.8. The van der Waals surface area contributed by atoms with Crippen molar-refractivity contribution in [1.82, 2.24) is 4.90 Å². The number of benzene rings is 1. The molecule has 5 heteroatoms. The highest BCUT2D eigenvalue weighted by atomic mass is 19.1. The van der Waals surface area contributed by atoms with E-state index in [0.29, 0.717) is 11.7 Å². The first kappa shape index (κ1) is 14.1. The smallest absolute Gasteiger partial charge is 0.151 e. The molecule has 106 valence electrons. The average molecular weight is 269 g/mol. The van der Waals surface area contributed by atoms with Crippen molar-refractivity contribution in [3.63, 3.8) is 0 Å². The highest BCUT2D eigenvalue weighted by Crippen LogP contribution is 2.31. The van der Waals surface area contributed by atoms with Crippen molar-refractivity contribution in [2.45, 2.75) is 26.3 Å². The van der Waals surface area contributed by atoms with Crippen LogP contribution >= 0.6 is 0 Å². The Bertz CT molecular complexity index is 447. The van der Waals surface area contributed by atoms with Gasteiger partial charge in [0.1, 0.15) is 5.82 Å². The van der Waals surface area contributed by atoms with Gasteiger partial charge in [-0.25, -0.2) is 8.78 Å². The molecule has 0 radical (unpaired) electrons. The topological polar surface area (TPSA) is 32.5 Å². The van der Waals surface area contributed by atoms with E-state index in [1.807, 2.05) is 4.90 Å². The standard InChI is InChI=1S/C14H21F2N3/c1-3-18(4-2)11-5-6-19(9-11)13-8-10(15)7-12(16)14(13)17/h7-8,11H,3-6,9,17H2,1-2H3. The molecule has 1 aromatic rings. The van der Waals surface area contributed by atoms with Crippen LogP contribution in [0.4, 0.5) is 20.2 Å². The summed E-state index contributed by atoms with van der Waals surface area (Å²) in [5.74, 6) is -1.26. The van der Waals surface area contributed by atoms with Crippen LogP contribution in [0.25, 0.3) is 0 Å². The molecule has 1 fully saturated rings. The normalized spacial score (nSPS) is 19.4. The lowest BCUT2D eigenvalue weighted by Gasteiger charge is -2.27. The van der Waals surface area contributed by atoms with Crippen LogP contribution in [0.15, 0.2) is 12.1 Å². The van der Waals surface area contributed by atoms with E-state index >= 15 is 0 Å². The zero-order chi connectivity index (χ0) is 14.0. The van der Waals surface area contributed by atoms with E-state index in [2.05, 4.69) is 18.7 Å². The summed E-state index contributed by atoms with van der Waals surface area (Å²) in [5, 5.41) is 0. The Morgan fingerprint density at radius 2 is 2.00 bits per heavy atom. The molecule has 2 rings (SSSR count). The second kappa shape index (κ2) is 5.74. The van der Waals surface area contributed by atoms with Gasteiger partial charge in [0.2, 0.25) is 0 Å². The molecule has 0 bridgehead atoms. The highest BCUT2D eigenvalue weighted by Gasteiger charge is 2.28. The molecule has 1 aliphatic heterocycles. The van der Waals surface area contributed by atoms with E-state index in [1.165, 1.54) is 6.07 Å². The van der Waals surface area contributed by atoms with E-state index in [0.717, 1.165) is 38.7 Å². The molecule has 1 aliphatic rings. The van der Waals surface area contributed by atoms with Crippen LogP contribution in [0.5, 0.6) is 0 Å². The molecule has 1 aromatic carbocycles. The van der Waals surface area contributed by atoms with Crippen LogP contribution in [0, 0.1) is 11.6 Å². The third-order valence-electron chi connectivity index (χ3n) is 3.91. The average Bonchev–Trinajstić information content (AvgIpc) is 2.85. The minimum absolute atomic E-state index is 0.0431. The van der Waals surface area contributed by atoms with Gasteiger partial charge in [-0.05, 0) is 25.6 Å². The monoisotopic (exact) mass is 269 g/mol. The number of likely N-dealkylation sites (N-methyl/N-ethyl adjacent to an activating group) is 1. The second-order valence-corrected chi connectivity index (χ2v) is 4.93. The summed E-state index contributed by atoms with van der Waals surface area (Å²) in [5.41, 5.74) is 6.24. The molecule has 0 amide bonds. The summed E-state index contributed by atoms with van der Waals surface area (Å²) in [6, 6.07) is 2.58. The number of nitrogen functional groups attached to an aromatic ring is 1. The Balaban J connectivity index is 2.17. The van der Waals surface area contributed by atoms with Crippen molar-refractivity contribution < 1.29 is 8.78 Å². The molecule has 19 heavy (non-hydrogen) atoms. The van der Waals surface area contributed by atoms with Gasteiger partial charge in [0.05, 0.1) is 11.4 Å². The van der Waals surface area contributed by atoms with Gasteiger partial charge < -0.3 is 10.6 Å². The Morgan fingerprint density at radius 1 is 1.32 bits per heavy atom. The van der Waals surface area contributed by atoms with Gasteiger partial charge in [-0.3, -0.25) is 4.90 Å². The number of hydrogen-bond acceptors (Lipinski definition) is 3. The van der Waals surface area contributed by atoms with Gasteiger partial charge in [-0.1, -0.05) is 13.8 Å². The van der Waals surface area contributed by atoms with Gasteiger partial charge in [0, 0.05) is 25.2 Å². The molecule has 1 saturated heterocycles. The molecule has 2 N–H and O–H groups in total. The zero-order valence-electron chi connectivity index (χ0n) is 11.5. The van der Waals surface area contributed by atoms with Crippen molar-refractivity contribution in [3.05, 3.63) is 23.8 Å². The van der Waals surface area contributed by atoms with Crippen LogP contribution < -0.4 is 10.6 Å². The van der Waals surface area contributed by atoms with Crippen LogP contribution in [0.2, 0.25) is 0 Å². The fourth-order valence-electron chi connectivity index (χ4n) is 2.83. The van der Waals surface area contributed by atoms with Crippen molar-refractivity contribution in [2.75, 3.05) is 36.8 Å². The fourth-order valence-corrected chi connectivity index (χ4v) is 2.83. The maximum Gasteiger partial charge on any atom is 0.151 e. The first-order valence-corrected chi connectivity index (χ1v) is 6.80. The minimum Gasteiger partial charge on any atom is -0.395 e. The first-order chi connectivity index (χ1) is 9.06. The van der Waals surface area contributed by atoms with E-state index in [9.17, 15) is 8.78 Å². The van der Waals surface area contributed by atoms with Gasteiger partial charge in [-0.2, -0.15) is 0 Å². The molecular formula is C14H21F2N3. The van der Waals surface area contributed by atoms with Crippen molar-refractivity contribution in [1.29, 1.82) is 0 Å². The van der Waals surface area contributed by atoms with Crippen LogP contribution in [-0.4, -0.2) is 37.1 Å². The Hall–Kier alpha value is -1.36. The number of anilines is 2. The maximum absolute atomic E-state index is 13.5. The van der Waals surface area contributed by atoms with E-state index in [1.54, 1.807) is 0 Å². The summed E-state index contributed by atoms with van der Waals surface area (Å²) in [7, 11) is 0. The molecule has 1 atom stereocenters. The Labute approximate surface area is 113 Å². The lowest BCUT2D eigenvalue weighted by Crippen LogP contribution is -2.37. The second-order valence-electron chi connectivity index (χ2n) is 4.93. The van der Waals surface area contributed by atoms with E-state index in [4.69, 9.17) is 5.73 Å². The number of hydrogen-bond donors (Lipinski definition) is 1. The van der Waals surface area contributed by atoms with Gasteiger partial charge in [0.15, 0.2) is 5.82 Å². The quantitative estimate of drug-likeness (QED) is 0.852. The van der Waals surface area contributed by atoms with E-state index < -0.39 is 11.6 Å². The molecule has 1 heterocycles. The lowest BCUT2D eigenvalue weighted by atomic mass is 10.2. The highest BCUT2D eigenvalue weighted by molar-refractivity contribution is 5.68. The Kier molecular flexibility index (Phi) is 4.24. The van der Waals surface area contributed by atoms with Crippen LogP contribution in [0.3, 0.4) is 0 Å². The number of nitrogens with two attached hydrogens (primary N) is 1. The largest absolute Gasteiger partial charge is 0.395 e. The van der Waals surface area contributed by atoms with Crippen molar-refractivity contribution >= 4 is 11.4 Å². The third kappa shape index (κ3) is 2.81. The summed E-state index contributed by atoms with van der Waals surface area (Å²) in [4.78, 5) is 4.34. The Morgan fingerprint density at radius 3 is 2.63 bits per heavy atom. The van der Waals surface area contributed by atoms with E-state index in [-0.39, 0.29) is 5.69 Å². The predicted octanol–water partition coefficient (Wildman–Crippen LogP) is 2.47. The summed E-state index contributed by atoms with van der Waals surface area (Å²) in [6.07, 6.45) is 0.999. The summed E-state index contributed by atoms with van der Waals surface area (Å²) >= 11 is 0. The molecule has 1 unspecified atom stereocenters.